The molecule has 0 atom stereocenters. The topological polar surface area (TPSA) is 130 Å². The van der Waals surface area contributed by atoms with E-state index in [1.54, 1.807) is 12.1 Å². The van der Waals surface area contributed by atoms with Crippen LogP contribution in [0.4, 0.5) is 5.69 Å². The number of aromatic nitrogens is 3. The first kappa shape index (κ1) is 19.0. The summed E-state index contributed by atoms with van der Waals surface area (Å²) in [5, 5.41) is 14.9. The van der Waals surface area contributed by atoms with Crippen molar-refractivity contribution in [2.45, 2.75) is 6.67 Å². The lowest BCUT2D eigenvalue weighted by Crippen LogP contribution is -2.37. The lowest BCUT2D eigenvalue weighted by Gasteiger charge is -2.19. The summed E-state index contributed by atoms with van der Waals surface area (Å²) in [5.41, 5.74) is 0.567. The van der Waals surface area contributed by atoms with Gasteiger partial charge in [-0.3, -0.25) is 24.6 Å². The van der Waals surface area contributed by atoms with Crippen molar-refractivity contribution in [1.82, 2.24) is 19.7 Å². The van der Waals surface area contributed by atoms with Gasteiger partial charge in [0.05, 0.1) is 38.9 Å². The molecule has 0 aliphatic carbocycles. The molecule has 1 aromatic carbocycles. The molecule has 0 radical (unpaired) electrons. The Morgan fingerprint density at radius 1 is 1.15 bits per heavy atom. The number of non-ortho nitro benzene ring substituents is 1. The van der Waals surface area contributed by atoms with Crippen molar-refractivity contribution in [2.75, 3.05) is 27.3 Å². The van der Waals surface area contributed by atoms with Crippen LogP contribution in [0, 0.1) is 10.1 Å². The number of nitro groups is 1. The molecule has 2 rings (SSSR count). The van der Waals surface area contributed by atoms with Gasteiger partial charge in [-0.05, 0) is 12.1 Å². The van der Waals surface area contributed by atoms with Crippen LogP contribution in [0.25, 0.3) is 11.4 Å². The zero-order chi connectivity index (χ0) is 19.1. The summed E-state index contributed by atoms with van der Waals surface area (Å²) in [4.78, 5) is 38.8. The highest BCUT2D eigenvalue weighted by Crippen LogP contribution is 2.18. The summed E-state index contributed by atoms with van der Waals surface area (Å²) in [6.07, 6.45) is 1.43. The molecule has 1 aromatic heterocycles. The molecule has 1 heterocycles. The van der Waals surface area contributed by atoms with Crippen LogP contribution in [-0.4, -0.2) is 63.8 Å². The highest BCUT2D eigenvalue weighted by Gasteiger charge is 2.17. The number of benzene rings is 1. The van der Waals surface area contributed by atoms with Gasteiger partial charge in [0.2, 0.25) is 0 Å². The van der Waals surface area contributed by atoms with Crippen molar-refractivity contribution in [3.05, 3.63) is 40.7 Å². The van der Waals surface area contributed by atoms with Crippen LogP contribution in [-0.2, 0) is 25.7 Å². The average molecular weight is 363 g/mol. The Labute approximate surface area is 148 Å². The second-order valence-electron chi connectivity index (χ2n) is 5.19. The number of esters is 2. The minimum atomic E-state index is -0.510. The van der Waals surface area contributed by atoms with Crippen LogP contribution >= 0.6 is 0 Å². The Morgan fingerprint density at radius 3 is 2.23 bits per heavy atom. The third-order valence-corrected chi connectivity index (χ3v) is 3.38. The summed E-state index contributed by atoms with van der Waals surface area (Å²) in [5.74, 6) is -0.662. The molecule has 0 amide bonds. The van der Waals surface area contributed by atoms with Crippen molar-refractivity contribution >= 4 is 17.6 Å². The number of hydrogen-bond donors (Lipinski definition) is 0. The number of ether oxygens (including phenoxy) is 2. The Hall–Kier alpha value is -3.34. The maximum atomic E-state index is 11.5. The molecule has 11 heteroatoms. The van der Waals surface area contributed by atoms with E-state index >= 15 is 0 Å². The van der Waals surface area contributed by atoms with Crippen molar-refractivity contribution in [3.63, 3.8) is 0 Å². The van der Waals surface area contributed by atoms with Gasteiger partial charge in [-0.2, -0.15) is 0 Å². The molecule has 26 heavy (non-hydrogen) atoms. The number of methoxy groups -OCH3 is 2. The summed E-state index contributed by atoms with van der Waals surface area (Å²) >= 11 is 0. The van der Waals surface area contributed by atoms with E-state index < -0.39 is 16.9 Å². The molecular formula is C15H17N5O6. The smallest absolute Gasteiger partial charge is 0.319 e. The quantitative estimate of drug-likeness (QED) is 0.373. The standard InChI is InChI=1S/C15H17N5O6/c1-25-13(21)7-18(8-14(22)26-2)10-19-9-16-15(17-19)11-3-5-12(6-4-11)20(23)24/h3-6,9H,7-8,10H2,1-2H3. The van der Waals surface area contributed by atoms with E-state index in [1.165, 1.54) is 42.3 Å². The molecule has 0 saturated carbocycles. The van der Waals surface area contributed by atoms with E-state index in [4.69, 9.17) is 0 Å². The minimum absolute atomic E-state index is 0.0319. The number of nitro benzene ring substituents is 1. The highest BCUT2D eigenvalue weighted by atomic mass is 16.6. The summed E-state index contributed by atoms with van der Waals surface area (Å²) in [6.45, 7) is -0.152. The normalized spacial score (nSPS) is 10.6. The molecule has 0 aliphatic heterocycles. The second-order valence-corrected chi connectivity index (χ2v) is 5.19. The molecule has 0 N–H and O–H groups in total. The first-order chi connectivity index (χ1) is 12.4. The van der Waals surface area contributed by atoms with E-state index in [0.717, 1.165) is 0 Å². The Kier molecular flexibility index (Phi) is 6.33. The number of carbonyl (C=O) groups is 2. The largest absolute Gasteiger partial charge is 0.468 e. The van der Waals surface area contributed by atoms with Gasteiger partial charge in [0.25, 0.3) is 5.69 Å². The molecule has 0 unspecified atom stereocenters. The molecule has 2 aromatic rings. The molecule has 0 aliphatic rings. The van der Waals surface area contributed by atoms with E-state index in [0.29, 0.717) is 11.4 Å². The molecule has 0 bridgehead atoms. The van der Waals surface area contributed by atoms with Crippen molar-refractivity contribution in [1.29, 1.82) is 0 Å². The van der Waals surface area contributed by atoms with Crippen LogP contribution in [0.2, 0.25) is 0 Å². The third kappa shape index (κ3) is 5.08. The van der Waals surface area contributed by atoms with E-state index in [2.05, 4.69) is 19.6 Å². The molecule has 138 valence electrons. The van der Waals surface area contributed by atoms with Gasteiger partial charge >= 0.3 is 11.9 Å². The van der Waals surface area contributed by atoms with Gasteiger partial charge in [-0.15, -0.1) is 5.10 Å². The van der Waals surface area contributed by atoms with Gasteiger partial charge in [0, 0.05) is 17.7 Å². The zero-order valence-corrected chi connectivity index (χ0v) is 14.2. The highest BCUT2D eigenvalue weighted by molar-refractivity contribution is 5.74. The predicted molar refractivity (Wildman–Crippen MR) is 87.7 cm³/mol. The first-order valence-electron chi connectivity index (χ1n) is 7.43. The number of hydrogen-bond acceptors (Lipinski definition) is 9. The summed E-state index contributed by atoms with van der Waals surface area (Å²) in [7, 11) is 2.50. The molecule has 0 saturated heterocycles. The Morgan fingerprint density at radius 2 is 1.73 bits per heavy atom. The van der Waals surface area contributed by atoms with Crippen molar-refractivity contribution in [3.8, 4) is 11.4 Å². The fraction of sp³-hybridized carbons (Fsp3) is 0.333. The summed E-state index contributed by atoms with van der Waals surface area (Å²) in [6, 6.07) is 5.80. The lowest BCUT2D eigenvalue weighted by molar-refractivity contribution is -0.384. The fourth-order valence-electron chi connectivity index (χ4n) is 2.08. The van der Waals surface area contributed by atoms with Crippen molar-refractivity contribution < 1.29 is 24.0 Å². The SMILES string of the molecule is COC(=O)CN(CC(=O)OC)Cn1cnc(-c2ccc([N+](=O)[O-])cc2)n1. The van der Waals surface area contributed by atoms with Gasteiger partial charge in [0.1, 0.15) is 6.33 Å². The summed E-state index contributed by atoms with van der Waals surface area (Å²) < 4.78 is 10.6. The lowest BCUT2D eigenvalue weighted by atomic mass is 10.2. The maximum absolute atomic E-state index is 11.5. The van der Waals surface area contributed by atoms with Crippen LogP contribution in [0.1, 0.15) is 0 Å². The van der Waals surface area contributed by atoms with E-state index in [-0.39, 0.29) is 25.4 Å². The van der Waals surface area contributed by atoms with Crippen LogP contribution in [0.15, 0.2) is 30.6 Å². The molecular weight excluding hydrogens is 346 g/mol. The first-order valence-corrected chi connectivity index (χ1v) is 7.43. The van der Waals surface area contributed by atoms with E-state index in [1.807, 2.05) is 0 Å². The maximum Gasteiger partial charge on any atom is 0.319 e. The Bertz CT molecular complexity index is 770. The number of rotatable bonds is 8. The van der Waals surface area contributed by atoms with Gasteiger partial charge in [-0.1, -0.05) is 0 Å². The molecule has 0 spiro atoms. The van der Waals surface area contributed by atoms with E-state index in [9.17, 15) is 19.7 Å². The Balaban J connectivity index is 2.11. The second kappa shape index (κ2) is 8.67. The monoisotopic (exact) mass is 363 g/mol. The number of carbonyl (C=O) groups excluding carboxylic acids is 2. The third-order valence-electron chi connectivity index (χ3n) is 3.38. The minimum Gasteiger partial charge on any atom is -0.468 e. The van der Waals surface area contributed by atoms with Gasteiger partial charge in [0.15, 0.2) is 5.82 Å². The predicted octanol–water partition coefficient (Wildman–Crippen LogP) is 0.459. The zero-order valence-electron chi connectivity index (χ0n) is 14.2. The van der Waals surface area contributed by atoms with Crippen LogP contribution in [0.3, 0.4) is 0 Å². The molecule has 0 fully saturated rings. The van der Waals surface area contributed by atoms with Gasteiger partial charge < -0.3 is 9.47 Å². The van der Waals surface area contributed by atoms with Crippen LogP contribution in [0.5, 0.6) is 0 Å². The van der Waals surface area contributed by atoms with Crippen molar-refractivity contribution in [2.24, 2.45) is 0 Å². The fourth-order valence-corrected chi connectivity index (χ4v) is 2.08. The van der Waals surface area contributed by atoms with Crippen LogP contribution < -0.4 is 0 Å². The van der Waals surface area contributed by atoms with Gasteiger partial charge in [-0.25, -0.2) is 9.67 Å². The molecule has 11 nitrogen and oxygen atoms in total. The number of nitrogens with zero attached hydrogens (tertiary/aromatic N) is 5. The average Bonchev–Trinajstić information content (AvgIpc) is 3.09.